The highest BCUT2D eigenvalue weighted by atomic mass is 32.2. The summed E-state index contributed by atoms with van der Waals surface area (Å²) in [7, 11) is -3.67. The minimum atomic E-state index is -3.67. The van der Waals surface area contributed by atoms with Crippen LogP contribution < -0.4 is 4.72 Å². The molecule has 0 bridgehead atoms. The second-order valence-corrected chi connectivity index (χ2v) is 6.68. The quantitative estimate of drug-likeness (QED) is 0.887. The Balaban J connectivity index is 2.17. The molecule has 1 heterocycles. The summed E-state index contributed by atoms with van der Waals surface area (Å²) in [4.78, 5) is 0.109. The van der Waals surface area contributed by atoms with Crippen LogP contribution in [0, 0.1) is 13.8 Å². The molecule has 114 valence electrons. The van der Waals surface area contributed by atoms with Crippen LogP contribution in [0.4, 0.5) is 5.69 Å². The number of benzene rings is 1. The lowest BCUT2D eigenvalue weighted by atomic mass is 10.1. The van der Waals surface area contributed by atoms with E-state index in [4.69, 9.17) is 4.52 Å². The van der Waals surface area contributed by atoms with Crippen molar-refractivity contribution in [1.29, 1.82) is 0 Å². The summed E-state index contributed by atoms with van der Waals surface area (Å²) in [6.45, 7) is 5.34. The van der Waals surface area contributed by atoms with E-state index in [1.807, 2.05) is 12.1 Å². The molecule has 1 aromatic heterocycles. The van der Waals surface area contributed by atoms with Crippen molar-refractivity contribution in [3.05, 3.63) is 41.3 Å². The van der Waals surface area contributed by atoms with E-state index >= 15 is 0 Å². The second kappa shape index (κ2) is 6.30. The number of rotatable bonds is 6. The Morgan fingerprint density at radius 3 is 2.38 bits per heavy atom. The van der Waals surface area contributed by atoms with Crippen LogP contribution in [0.15, 0.2) is 33.7 Å². The third-order valence-corrected chi connectivity index (χ3v) is 4.89. The smallest absolute Gasteiger partial charge is 0.267 e. The van der Waals surface area contributed by atoms with Crippen molar-refractivity contribution in [2.75, 3.05) is 4.72 Å². The van der Waals surface area contributed by atoms with Crippen LogP contribution >= 0.6 is 0 Å². The molecule has 0 radical (unpaired) electrons. The van der Waals surface area contributed by atoms with Crippen molar-refractivity contribution < 1.29 is 12.9 Å². The van der Waals surface area contributed by atoms with Gasteiger partial charge in [-0.1, -0.05) is 30.6 Å². The molecule has 0 atom stereocenters. The van der Waals surface area contributed by atoms with Gasteiger partial charge in [0.15, 0.2) is 10.7 Å². The highest BCUT2D eigenvalue weighted by Gasteiger charge is 2.24. The van der Waals surface area contributed by atoms with E-state index < -0.39 is 10.0 Å². The van der Waals surface area contributed by atoms with Gasteiger partial charge in [-0.25, -0.2) is 8.42 Å². The van der Waals surface area contributed by atoms with Crippen LogP contribution in [0.5, 0.6) is 0 Å². The first-order chi connectivity index (χ1) is 9.94. The second-order valence-electron chi connectivity index (χ2n) is 5.06. The summed E-state index contributed by atoms with van der Waals surface area (Å²) < 4.78 is 32.2. The average Bonchev–Trinajstić information content (AvgIpc) is 2.77. The van der Waals surface area contributed by atoms with Crippen molar-refractivity contribution >= 4 is 15.7 Å². The number of aromatic nitrogens is 1. The molecule has 0 aliphatic rings. The van der Waals surface area contributed by atoms with E-state index in [2.05, 4.69) is 16.8 Å². The zero-order valence-corrected chi connectivity index (χ0v) is 13.3. The molecule has 0 saturated carbocycles. The Labute approximate surface area is 125 Å². The first kappa shape index (κ1) is 15.6. The van der Waals surface area contributed by atoms with Crippen molar-refractivity contribution in [2.45, 2.75) is 44.9 Å². The molecule has 0 unspecified atom stereocenters. The van der Waals surface area contributed by atoms with Gasteiger partial charge >= 0.3 is 0 Å². The number of hydrogen-bond acceptors (Lipinski definition) is 4. The highest BCUT2D eigenvalue weighted by molar-refractivity contribution is 7.92. The lowest BCUT2D eigenvalue weighted by molar-refractivity contribution is 0.390. The van der Waals surface area contributed by atoms with Gasteiger partial charge in [0.25, 0.3) is 10.0 Å². The van der Waals surface area contributed by atoms with E-state index in [-0.39, 0.29) is 4.90 Å². The molecule has 2 rings (SSSR count). The van der Waals surface area contributed by atoms with E-state index in [9.17, 15) is 8.42 Å². The van der Waals surface area contributed by atoms with Crippen LogP contribution in [-0.4, -0.2) is 13.6 Å². The van der Waals surface area contributed by atoms with Crippen LogP contribution in [0.2, 0.25) is 0 Å². The summed E-state index contributed by atoms with van der Waals surface area (Å²) in [6.07, 6.45) is 3.28. The number of hydrogen-bond donors (Lipinski definition) is 1. The minimum Gasteiger partial charge on any atom is -0.360 e. The highest BCUT2D eigenvalue weighted by Crippen LogP contribution is 2.22. The average molecular weight is 308 g/mol. The molecule has 1 N–H and O–H groups in total. The summed E-state index contributed by atoms with van der Waals surface area (Å²) >= 11 is 0. The summed E-state index contributed by atoms with van der Waals surface area (Å²) in [5, 5.41) is 3.68. The van der Waals surface area contributed by atoms with Gasteiger partial charge in [-0.05, 0) is 44.4 Å². The van der Waals surface area contributed by atoms with Crippen molar-refractivity contribution in [3.8, 4) is 0 Å². The van der Waals surface area contributed by atoms with Crippen molar-refractivity contribution in [2.24, 2.45) is 0 Å². The molecule has 5 nitrogen and oxygen atoms in total. The molecule has 0 aliphatic carbocycles. The maximum absolute atomic E-state index is 12.4. The van der Waals surface area contributed by atoms with Gasteiger partial charge < -0.3 is 4.52 Å². The van der Waals surface area contributed by atoms with Crippen LogP contribution in [0.25, 0.3) is 0 Å². The van der Waals surface area contributed by atoms with E-state index in [0.717, 1.165) is 19.3 Å². The third kappa shape index (κ3) is 3.64. The van der Waals surface area contributed by atoms with E-state index in [0.29, 0.717) is 17.1 Å². The van der Waals surface area contributed by atoms with Crippen molar-refractivity contribution in [3.63, 3.8) is 0 Å². The van der Waals surface area contributed by atoms with Gasteiger partial charge in [0.05, 0.1) is 0 Å². The van der Waals surface area contributed by atoms with E-state index in [1.54, 1.807) is 26.0 Å². The summed E-state index contributed by atoms with van der Waals surface area (Å²) in [6, 6.07) is 7.45. The Morgan fingerprint density at radius 1 is 1.19 bits per heavy atom. The Hall–Kier alpha value is -1.82. The molecule has 1 aromatic carbocycles. The first-order valence-corrected chi connectivity index (χ1v) is 8.47. The molecule has 2 aromatic rings. The number of sulfonamides is 1. The predicted octanol–water partition coefficient (Wildman–Crippen LogP) is 3.43. The maximum atomic E-state index is 12.4. The molecule has 0 aliphatic heterocycles. The predicted molar refractivity (Wildman–Crippen MR) is 81.8 cm³/mol. The number of aryl methyl sites for hydroxylation is 3. The number of anilines is 1. The standard InChI is InChI=1S/C15H20N2O3S/c1-4-5-6-13-7-9-14(10-8-13)17-21(18,19)15-11(2)16-20-12(15)3/h7-10,17H,4-6H2,1-3H3. The molecular formula is C15H20N2O3S. The SMILES string of the molecule is CCCCc1ccc(NS(=O)(=O)c2c(C)noc2C)cc1. The Bertz CT molecular complexity index is 684. The lowest BCUT2D eigenvalue weighted by Crippen LogP contribution is -2.14. The van der Waals surface area contributed by atoms with Crippen LogP contribution in [0.3, 0.4) is 0 Å². The fraction of sp³-hybridized carbons (Fsp3) is 0.400. The van der Waals surface area contributed by atoms with Gasteiger partial charge in [0.1, 0.15) is 5.69 Å². The van der Waals surface area contributed by atoms with Gasteiger partial charge in [0.2, 0.25) is 0 Å². The monoisotopic (exact) mass is 308 g/mol. The van der Waals surface area contributed by atoms with Crippen molar-refractivity contribution in [1.82, 2.24) is 5.16 Å². The van der Waals surface area contributed by atoms with E-state index in [1.165, 1.54) is 5.56 Å². The molecule has 21 heavy (non-hydrogen) atoms. The molecule has 0 fully saturated rings. The molecule has 6 heteroatoms. The zero-order chi connectivity index (χ0) is 15.5. The summed E-state index contributed by atoms with van der Waals surface area (Å²) in [5.74, 6) is 0.291. The number of nitrogens with one attached hydrogen (secondary N) is 1. The maximum Gasteiger partial charge on any atom is 0.267 e. The molecular weight excluding hydrogens is 288 g/mol. The fourth-order valence-electron chi connectivity index (χ4n) is 2.18. The fourth-order valence-corrected chi connectivity index (χ4v) is 3.58. The first-order valence-electron chi connectivity index (χ1n) is 6.98. The van der Waals surface area contributed by atoms with Crippen LogP contribution in [-0.2, 0) is 16.4 Å². The van der Waals surface area contributed by atoms with Gasteiger partial charge in [-0.3, -0.25) is 4.72 Å². The topological polar surface area (TPSA) is 72.2 Å². The Morgan fingerprint density at radius 2 is 1.86 bits per heavy atom. The largest absolute Gasteiger partial charge is 0.360 e. The molecule has 0 spiro atoms. The molecule has 0 saturated heterocycles. The third-order valence-electron chi connectivity index (χ3n) is 3.26. The van der Waals surface area contributed by atoms with Gasteiger partial charge in [0, 0.05) is 5.69 Å². The Kier molecular flexibility index (Phi) is 4.67. The number of unbranched alkanes of at least 4 members (excludes halogenated alkanes) is 1. The summed E-state index contributed by atoms with van der Waals surface area (Å²) in [5.41, 5.74) is 2.10. The number of nitrogens with zero attached hydrogens (tertiary/aromatic N) is 1. The van der Waals surface area contributed by atoms with Gasteiger partial charge in [-0.15, -0.1) is 0 Å². The molecule has 0 amide bonds. The normalized spacial score (nSPS) is 11.6. The van der Waals surface area contributed by atoms with Crippen LogP contribution in [0.1, 0.15) is 36.8 Å². The zero-order valence-electron chi connectivity index (χ0n) is 12.5. The lowest BCUT2D eigenvalue weighted by Gasteiger charge is -2.08. The minimum absolute atomic E-state index is 0.109. The van der Waals surface area contributed by atoms with Gasteiger partial charge in [-0.2, -0.15) is 0 Å².